The maximum absolute atomic E-state index is 12.9. The fraction of sp³-hybridized carbons (Fsp3) is 0.400. The molecule has 0 saturated heterocycles. The predicted octanol–water partition coefficient (Wildman–Crippen LogP) is 6.26. The third kappa shape index (κ3) is 5.93. The maximum Gasteiger partial charge on any atom is 0.206 e. The van der Waals surface area contributed by atoms with Crippen LogP contribution in [0.25, 0.3) is 0 Å². The molecular formula is C20H23Cl3O4S. The average Bonchev–Trinajstić information content (AvgIpc) is 2.68. The topological polar surface area (TPSA) is 52.6 Å². The Hall–Kier alpha value is -1.14. The van der Waals surface area contributed by atoms with Gasteiger partial charge in [-0.2, -0.15) is 0 Å². The first-order valence-corrected chi connectivity index (χ1v) is 11.7. The van der Waals surface area contributed by atoms with Gasteiger partial charge in [0.2, 0.25) is 9.84 Å². The van der Waals surface area contributed by atoms with Crippen LogP contribution in [-0.2, 0) is 9.84 Å². The van der Waals surface area contributed by atoms with Gasteiger partial charge in [-0.05, 0) is 48.7 Å². The highest BCUT2D eigenvalue weighted by Gasteiger charge is 2.21. The van der Waals surface area contributed by atoms with E-state index in [1.54, 1.807) is 12.1 Å². The molecule has 0 heterocycles. The van der Waals surface area contributed by atoms with Crippen molar-refractivity contribution in [1.82, 2.24) is 0 Å². The molecule has 1 atom stereocenters. The van der Waals surface area contributed by atoms with E-state index >= 15 is 0 Å². The van der Waals surface area contributed by atoms with Crippen LogP contribution in [0.3, 0.4) is 0 Å². The minimum atomic E-state index is -3.78. The van der Waals surface area contributed by atoms with Crippen LogP contribution in [0.4, 0.5) is 0 Å². The van der Waals surface area contributed by atoms with E-state index in [1.807, 2.05) is 0 Å². The van der Waals surface area contributed by atoms with Gasteiger partial charge < -0.3 is 9.47 Å². The Morgan fingerprint density at radius 3 is 2.14 bits per heavy atom. The Kier molecular flexibility index (Phi) is 8.75. The molecule has 8 heteroatoms. The lowest BCUT2D eigenvalue weighted by atomic mass is 10.1. The van der Waals surface area contributed by atoms with Crippen molar-refractivity contribution in [3.8, 4) is 11.5 Å². The molecule has 154 valence electrons. The third-order valence-electron chi connectivity index (χ3n) is 4.17. The highest BCUT2D eigenvalue weighted by molar-refractivity contribution is 7.91. The molecule has 2 rings (SSSR count). The molecule has 1 unspecified atom stereocenters. The Balaban J connectivity index is 2.22. The van der Waals surface area contributed by atoms with E-state index in [0.717, 1.165) is 6.42 Å². The van der Waals surface area contributed by atoms with Crippen LogP contribution in [0.1, 0.15) is 26.7 Å². The van der Waals surface area contributed by atoms with E-state index in [1.165, 1.54) is 24.3 Å². The highest BCUT2D eigenvalue weighted by atomic mass is 35.5. The maximum atomic E-state index is 12.9. The monoisotopic (exact) mass is 464 g/mol. The fourth-order valence-corrected chi connectivity index (χ4v) is 4.41. The summed E-state index contributed by atoms with van der Waals surface area (Å²) in [5.74, 6) is 1.75. The zero-order chi connectivity index (χ0) is 20.7. The van der Waals surface area contributed by atoms with Crippen LogP contribution in [-0.4, -0.2) is 27.5 Å². The van der Waals surface area contributed by atoms with Gasteiger partial charge >= 0.3 is 0 Å². The third-order valence-corrected chi connectivity index (χ3v) is 6.75. The van der Waals surface area contributed by atoms with Crippen molar-refractivity contribution in [3.05, 3.63) is 46.4 Å². The zero-order valence-corrected chi connectivity index (χ0v) is 18.8. The van der Waals surface area contributed by atoms with Crippen molar-refractivity contribution >= 4 is 44.6 Å². The van der Waals surface area contributed by atoms with Crippen LogP contribution in [0, 0.1) is 5.92 Å². The second kappa shape index (κ2) is 10.6. The summed E-state index contributed by atoms with van der Waals surface area (Å²) in [4.78, 5) is 0.131. The first kappa shape index (κ1) is 23.1. The Bertz CT molecular complexity index is 860. The molecule has 0 fully saturated rings. The number of halogens is 3. The lowest BCUT2D eigenvalue weighted by Crippen LogP contribution is -2.07. The average molecular weight is 466 g/mol. The van der Waals surface area contributed by atoms with Crippen molar-refractivity contribution in [2.24, 2.45) is 5.92 Å². The van der Waals surface area contributed by atoms with Crippen molar-refractivity contribution < 1.29 is 17.9 Å². The number of ether oxygens (including phenoxy) is 2. The molecule has 0 aliphatic heterocycles. The Morgan fingerprint density at radius 1 is 1.00 bits per heavy atom. The van der Waals surface area contributed by atoms with E-state index in [4.69, 9.17) is 44.3 Å². The molecular weight excluding hydrogens is 443 g/mol. The summed E-state index contributed by atoms with van der Waals surface area (Å²) in [7, 11) is -3.78. The van der Waals surface area contributed by atoms with Crippen LogP contribution in [0.5, 0.6) is 11.5 Å². The Labute approximate surface area is 181 Å². The Morgan fingerprint density at radius 2 is 1.61 bits per heavy atom. The SMILES string of the molecule is CCC(C)COc1ccc(S(=O)(=O)c2cc(Cl)c(OCCCCl)c(Cl)c2)cc1. The molecule has 0 radical (unpaired) electrons. The van der Waals surface area contributed by atoms with Crippen LogP contribution >= 0.6 is 34.8 Å². The normalized spacial score (nSPS) is 12.6. The first-order valence-electron chi connectivity index (χ1n) is 8.95. The van der Waals surface area contributed by atoms with Gasteiger partial charge in [0.05, 0.1) is 33.0 Å². The molecule has 4 nitrogen and oxygen atoms in total. The molecule has 0 amide bonds. The number of hydrogen-bond donors (Lipinski definition) is 0. The van der Waals surface area contributed by atoms with Crippen LogP contribution < -0.4 is 9.47 Å². The molecule has 0 spiro atoms. The summed E-state index contributed by atoms with van der Waals surface area (Å²) in [6, 6.07) is 8.98. The summed E-state index contributed by atoms with van der Waals surface area (Å²) in [5.41, 5.74) is 0. The van der Waals surface area contributed by atoms with Crippen molar-refractivity contribution in [2.45, 2.75) is 36.5 Å². The van der Waals surface area contributed by atoms with Gasteiger partial charge in [-0.25, -0.2) is 8.42 Å². The van der Waals surface area contributed by atoms with Gasteiger partial charge in [0.15, 0.2) is 5.75 Å². The summed E-state index contributed by atoms with van der Waals surface area (Å²) in [5, 5.41) is 0.267. The van der Waals surface area contributed by atoms with Crippen LogP contribution in [0.2, 0.25) is 10.0 Å². The quantitative estimate of drug-likeness (QED) is 0.307. The number of rotatable bonds is 10. The minimum absolute atomic E-state index is 0.000432. The number of alkyl halides is 1. The molecule has 0 bridgehead atoms. The lowest BCUT2D eigenvalue weighted by Gasteiger charge is -2.13. The van der Waals surface area contributed by atoms with E-state index in [-0.39, 0.29) is 25.6 Å². The van der Waals surface area contributed by atoms with Gasteiger partial charge in [-0.15, -0.1) is 11.6 Å². The first-order chi connectivity index (χ1) is 13.3. The smallest absolute Gasteiger partial charge is 0.206 e. The van der Waals surface area contributed by atoms with E-state index < -0.39 is 9.84 Å². The molecule has 2 aromatic rings. The fourth-order valence-electron chi connectivity index (χ4n) is 2.27. The van der Waals surface area contributed by atoms with Gasteiger partial charge in [0.1, 0.15) is 5.75 Å². The van der Waals surface area contributed by atoms with Crippen molar-refractivity contribution in [3.63, 3.8) is 0 Å². The van der Waals surface area contributed by atoms with Gasteiger partial charge in [0, 0.05) is 5.88 Å². The van der Waals surface area contributed by atoms with E-state index in [9.17, 15) is 8.42 Å². The standard InChI is InChI=1S/C20H23Cl3O4S/c1-3-14(2)13-27-15-5-7-16(8-6-15)28(24,25)17-11-18(22)20(19(23)12-17)26-10-4-9-21/h5-8,11-12,14H,3-4,9-10,13H2,1-2H3. The summed E-state index contributed by atoms with van der Waals surface area (Å²) < 4.78 is 37.0. The van der Waals surface area contributed by atoms with Crippen LogP contribution in [0.15, 0.2) is 46.2 Å². The van der Waals surface area contributed by atoms with Crippen molar-refractivity contribution in [1.29, 1.82) is 0 Å². The largest absolute Gasteiger partial charge is 0.493 e. The van der Waals surface area contributed by atoms with Gasteiger partial charge in [-0.3, -0.25) is 0 Å². The van der Waals surface area contributed by atoms with Gasteiger partial charge in [0.25, 0.3) is 0 Å². The molecule has 0 aromatic heterocycles. The second-order valence-corrected chi connectivity index (χ2v) is 9.55. The van der Waals surface area contributed by atoms with E-state index in [2.05, 4.69) is 13.8 Å². The molecule has 0 aliphatic rings. The highest BCUT2D eigenvalue weighted by Crippen LogP contribution is 2.37. The van der Waals surface area contributed by atoms with Crippen molar-refractivity contribution in [2.75, 3.05) is 19.1 Å². The molecule has 28 heavy (non-hydrogen) atoms. The summed E-state index contributed by atoms with van der Waals surface area (Å²) in [6.07, 6.45) is 1.64. The predicted molar refractivity (Wildman–Crippen MR) is 114 cm³/mol. The molecule has 0 saturated carbocycles. The molecule has 2 aromatic carbocycles. The number of benzene rings is 2. The second-order valence-electron chi connectivity index (χ2n) is 6.41. The number of sulfone groups is 1. The summed E-state index contributed by atoms with van der Waals surface area (Å²) in [6.45, 7) is 5.11. The van der Waals surface area contributed by atoms with E-state index in [0.29, 0.717) is 37.2 Å². The zero-order valence-electron chi connectivity index (χ0n) is 15.8. The number of hydrogen-bond acceptors (Lipinski definition) is 4. The molecule has 0 aliphatic carbocycles. The minimum Gasteiger partial charge on any atom is -0.493 e. The van der Waals surface area contributed by atoms with Gasteiger partial charge in [-0.1, -0.05) is 43.5 Å². The summed E-state index contributed by atoms with van der Waals surface area (Å²) >= 11 is 18.0. The lowest BCUT2D eigenvalue weighted by molar-refractivity contribution is 0.256. The molecule has 0 N–H and O–H groups in total.